The molecule has 0 aliphatic carbocycles. The minimum absolute atomic E-state index is 0.00533. The summed E-state index contributed by atoms with van der Waals surface area (Å²) in [5.74, 6) is -4.13. The first-order valence-corrected chi connectivity index (χ1v) is 48.8. The summed E-state index contributed by atoms with van der Waals surface area (Å²) < 4.78 is 87.2. The predicted octanol–water partition coefficient (Wildman–Crippen LogP) is 14.7. The third-order valence-electron chi connectivity index (χ3n) is 24.9. The fourth-order valence-corrected chi connectivity index (χ4v) is 18.0. The number of nitrogens with two attached hydrogens (primary N) is 5. The van der Waals surface area contributed by atoms with Crippen molar-refractivity contribution < 1.29 is 55.1 Å². The Labute approximate surface area is 850 Å². The van der Waals surface area contributed by atoms with Crippen LogP contribution in [0.5, 0.6) is 5.75 Å². The fraction of sp³-hybridized carbons (Fsp3) is 0.361. The van der Waals surface area contributed by atoms with Crippen molar-refractivity contribution in [1.82, 2.24) is 76.4 Å². The van der Waals surface area contributed by atoms with Crippen molar-refractivity contribution in [3.8, 4) is 17.9 Å². The average molecular weight is 2010 g/mol. The Morgan fingerprint density at radius 2 is 0.626 bits per heavy atom. The number of aromatic nitrogens is 10. The number of rotatable bonds is 27. The van der Waals surface area contributed by atoms with E-state index in [2.05, 4.69) is 161 Å². The fourth-order valence-electron chi connectivity index (χ4n) is 18.0. The Morgan fingerprint density at radius 3 is 0.912 bits per heavy atom. The molecule has 5 aliphatic heterocycles. The number of hydrogen-bond donors (Lipinski definition) is 10. The third kappa shape index (κ3) is 29.0. The zero-order valence-corrected chi connectivity index (χ0v) is 83.8. The van der Waals surface area contributed by atoms with Gasteiger partial charge in [-0.15, -0.1) is 0 Å². The summed E-state index contributed by atoms with van der Waals surface area (Å²) in [6.45, 7) is 22.8. The Kier molecular flexibility index (Phi) is 37.6. The molecule has 0 radical (unpaired) electrons. The normalized spacial score (nSPS) is 16.8. The monoisotopic (exact) mass is 2010 g/mol. The second-order valence-corrected chi connectivity index (χ2v) is 37.3. The molecule has 5 fully saturated rings. The lowest BCUT2D eigenvalue weighted by molar-refractivity contribution is -0.0504. The van der Waals surface area contributed by atoms with Crippen LogP contribution in [0.3, 0.4) is 0 Å². The number of carbonyl (C=O) groups excluding carboxylic acids is 5. The van der Waals surface area contributed by atoms with E-state index in [4.69, 9.17) is 33.7 Å². The van der Waals surface area contributed by atoms with E-state index >= 15 is 0 Å². The van der Waals surface area contributed by atoms with Gasteiger partial charge in [-0.25, -0.2) is 67.4 Å². The van der Waals surface area contributed by atoms with Gasteiger partial charge in [0.25, 0.3) is 25.9 Å². The van der Waals surface area contributed by atoms with Crippen LogP contribution in [0.4, 0.5) is 84.5 Å². The van der Waals surface area contributed by atoms with E-state index in [1.807, 2.05) is 87.5 Å². The van der Waals surface area contributed by atoms with Gasteiger partial charge in [-0.2, -0.15) is 8.78 Å². The zero-order chi connectivity index (χ0) is 105. The molecule has 0 bridgehead atoms. The zero-order valence-electron chi connectivity index (χ0n) is 83.8. The Balaban J connectivity index is 0.000000154. The van der Waals surface area contributed by atoms with E-state index in [-0.39, 0.29) is 110 Å². The van der Waals surface area contributed by atoms with E-state index in [0.29, 0.717) is 115 Å². The lowest BCUT2D eigenvalue weighted by Gasteiger charge is -2.35. The van der Waals surface area contributed by atoms with Gasteiger partial charge < -0.3 is 84.5 Å². The Bertz CT molecular complexity index is 6700. The number of nitrogens with zero attached hydrogens (tertiary/aromatic N) is 17. The van der Waals surface area contributed by atoms with Gasteiger partial charge in [0.2, 0.25) is 28.9 Å². The molecule has 5 saturated heterocycles. The summed E-state index contributed by atoms with van der Waals surface area (Å²) in [5.41, 5.74) is 32.5. The molecular formula is C108H125F6N27O6+2. The van der Waals surface area contributed by atoms with Crippen molar-refractivity contribution >= 4 is 87.1 Å². The van der Waals surface area contributed by atoms with Crippen LogP contribution in [0.1, 0.15) is 200 Å². The van der Waals surface area contributed by atoms with Crippen LogP contribution in [0, 0.1) is 29.9 Å². The number of piperazine rings is 5. The molecule has 2 unspecified atom stereocenters. The second kappa shape index (κ2) is 50.8. The molecule has 0 amide bonds. The van der Waals surface area contributed by atoms with Gasteiger partial charge in [-0.05, 0) is 169 Å². The highest BCUT2D eigenvalue weighted by atomic mass is 19.3. The minimum atomic E-state index is -3.23. The van der Waals surface area contributed by atoms with Crippen LogP contribution in [-0.4, -0.2) is 216 Å². The molecule has 10 aromatic heterocycles. The average Bonchev–Trinajstić information content (AvgIpc) is 0.796. The van der Waals surface area contributed by atoms with Crippen molar-refractivity contribution in [3.63, 3.8) is 0 Å². The van der Waals surface area contributed by atoms with E-state index in [9.17, 15) is 50.3 Å². The van der Waals surface area contributed by atoms with Gasteiger partial charge in [0.05, 0.1) is 38.9 Å². The number of anilines is 10. The number of nitrogens with one attached hydrogen (secondary N) is 5. The van der Waals surface area contributed by atoms with Gasteiger partial charge in [0, 0.05) is 173 Å². The number of carbonyl (C=O) groups is 5. The maximum absolute atomic E-state index is 14.3. The molecule has 17 rings (SSSR count). The largest absolute Gasteiger partial charge is 0.432 e. The minimum Gasteiger partial charge on any atom is -0.432 e. The van der Waals surface area contributed by atoms with Crippen LogP contribution in [0.2, 0.25) is 0 Å². The first kappa shape index (κ1) is 109. The highest BCUT2D eigenvalue weighted by molar-refractivity contribution is 6.15. The Hall–Kier alpha value is -15.6. The molecule has 0 saturated carbocycles. The van der Waals surface area contributed by atoms with Gasteiger partial charge in [-0.3, -0.25) is 24.0 Å². The van der Waals surface area contributed by atoms with Gasteiger partial charge in [-0.1, -0.05) is 112 Å². The van der Waals surface area contributed by atoms with Crippen LogP contribution in [0.15, 0.2) is 213 Å². The van der Waals surface area contributed by atoms with Crippen molar-refractivity contribution in [2.75, 3.05) is 165 Å². The summed E-state index contributed by atoms with van der Waals surface area (Å²) in [7, 11) is 3.23. The molecule has 15 N–H and O–H groups in total. The van der Waals surface area contributed by atoms with Gasteiger partial charge in [0.1, 0.15) is 92.1 Å². The van der Waals surface area contributed by atoms with E-state index < -0.39 is 46.9 Å². The molecular weight excluding hydrogens is 1890 g/mol. The van der Waals surface area contributed by atoms with Crippen LogP contribution in [-0.2, 0) is 11.8 Å². The molecule has 2 aromatic carbocycles. The molecule has 0 spiro atoms. The molecule has 33 nitrogen and oxygen atoms in total. The van der Waals surface area contributed by atoms with Crippen LogP contribution in [0.25, 0.3) is 9.69 Å². The number of halogens is 6. The Morgan fingerprint density at radius 1 is 0.361 bits per heavy atom. The van der Waals surface area contributed by atoms with Gasteiger partial charge in [0.15, 0.2) is 11.4 Å². The quantitative estimate of drug-likeness (QED) is 0.0169. The lowest BCUT2D eigenvalue weighted by Crippen LogP contribution is -2.51. The van der Waals surface area contributed by atoms with Crippen LogP contribution < -0.4 is 84.5 Å². The molecule has 15 heterocycles. The first-order chi connectivity index (χ1) is 70.5. The van der Waals surface area contributed by atoms with E-state index in [0.717, 1.165) is 103 Å². The molecule has 39 heteroatoms. The number of benzene rings is 2. The molecule has 12 aromatic rings. The number of ether oxygens (including phenoxy) is 1. The first-order valence-electron chi connectivity index (χ1n) is 48.8. The molecule has 768 valence electrons. The highest BCUT2D eigenvalue weighted by Gasteiger charge is 2.38. The van der Waals surface area contributed by atoms with Crippen molar-refractivity contribution in [3.05, 3.63) is 312 Å². The van der Waals surface area contributed by atoms with E-state index in [1.165, 1.54) is 66.6 Å². The predicted molar refractivity (Wildman–Crippen MR) is 561 cm³/mol. The lowest BCUT2D eigenvalue weighted by atomic mass is 10.00. The van der Waals surface area contributed by atoms with E-state index in [1.54, 1.807) is 81.1 Å². The number of pyridine rings is 10. The van der Waals surface area contributed by atoms with Crippen molar-refractivity contribution in [1.29, 1.82) is 0 Å². The SMILES string of the molecule is CC(C)C[C@H]1CN(c2ccc(C(C)(F)F)c(C(=O)c3cccnc3N)n2)CCN1.CC(C)C[C@H]1CN(c2ccc(OC(F)F)c(C(=O)c3cccnc3N)n2)CCN1.CC(F)(F)c1ccc(N2CCNC(c3ccccc3)C2)nc1C(=O)c1cccnc1N.C[N+]#Cc1ccc(N2CCNC(c3ccccc3)C2)nc1C(=O)c1cccnc1N.C[N+]#Cc1ccc(N2CCN[C@@H](CC(C)C)C2)nc1C(=O)c1cccnc1N. The summed E-state index contributed by atoms with van der Waals surface area (Å²) in [5, 5.41) is 17.5. The number of hydrogen-bond acceptors (Lipinski definition) is 31. The smallest absolute Gasteiger partial charge is 0.387 e. The summed E-state index contributed by atoms with van der Waals surface area (Å²) in [6.07, 6.45) is 10.6. The van der Waals surface area contributed by atoms with Crippen molar-refractivity contribution in [2.24, 2.45) is 17.8 Å². The number of alkyl halides is 6. The third-order valence-corrected chi connectivity index (χ3v) is 24.9. The maximum Gasteiger partial charge on any atom is 0.387 e. The highest BCUT2D eigenvalue weighted by Crippen LogP contribution is 2.38. The summed E-state index contributed by atoms with van der Waals surface area (Å²) in [4.78, 5) is 126. The summed E-state index contributed by atoms with van der Waals surface area (Å²) >= 11 is 0. The number of nitrogen functional groups attached to an aromatic ring is 5. The second-order valence-electron chi connectivity index (χ2n) is 37.3. The molecule has 5 aliphatic rings. The summed E-state index contributed by atoms with van der Waals surface area (Å²) in [6, 6.07) is 59.1. The molecule has 147 heavy (non-hydrogen) atoms. The van der Waals surface area contributed by atoms with Crippen molar-refractivity contribution in [2.45, 2.75) is 123 Å². The standard InChI is InChI=1S/C23H23F2N5O.C23H22N6O.C21H27F2N5O.C21H26N6O.C20H25F2N5O2/c1-23(24,25)17-9-10-19(29-20(17)21(31)16-8-5-11-28-22(16)26)30-13-12-27-18(14-30)15-6-3-2-4-7-15;1-25-14-17-9-10-20(28-21(17)22(30)18-8-5-11-27-23(18)24)29-13-12-26-19(15-29)16-6-3-2-4-7-16;1-13(2)11-14-12-28(10-9-25-14)17-7-6-16(21(3,22)23)18(27-17)19(29)15-5-4-8-26-20(15)24;1-14(2)11-16-13-27(10-9-24-16)18-7-6-15(12-23-3)19(26-18)20(28)17-5-4-8-25-21(17)22;1-12(2)10-13-11-27(9-8-24-13)16-6-5-15(29-20(21)22)17(26-16)18(28)14-4-3-7-25-19(14)23/h2-11,18,27H,12-14H2,1H3,(H2,26,28);2-11,19,26H,12-13,15H2,1H3,(H-,24,27,30);4-8,13-14,25H,9-12H2,1-3H3,(H2,24,26);4-8,14,16,24H,9-11,13H2,1-3H3,(H-,22,25,28);3-7,12-13,20,24H,8-11H2,1-2H3,(H2,23,25)/p+2/t;;14-;16-;13-/m..000/s1. The maximum atomic E-state index is 14.3. The van der Waals surface area contributed by atoms with Crippen LogP contribution >= 0.6 is 0 Å². The van der Waals surface area contributed by atoms with Gasteiger partial charge >= 0.3 is 18.7 Å². The topological polar surface area (TPSA) is 439 Å². The molecule has 5 atom stereocenters. The number of ketones is 5.